The second-order valence-corrected chi connectivity index (χ2v) is 7.81. The molecular weight excluding hydrogens is 374 g/mol. The molecule has 3 amide bonds. The van der Waals surface area contributed by atoms with E-state index in [1.165, 1.54) is 11.3 Å². The molecule has 4 rings (SSSR count). The third kappa shape index (κ3) is 3.35. The van der Waals surface area contributed by atoms with Crippen LogP contribution >= 0.6 is 11.3 Å². The number of para-hydroxylation sites is 1. The fourth-order valence-corrected chi connectivity index (χ4v) is 4.58. The van der Waals surface area contributed by atoms with E-state index >= 15 is 0 Å². The summed E-state index contributed by atoms with van der Waals surface area (Å²) >= 11 is 1.47. The molecule has 0 atom stereocenters. The Morgan fingerprint density at radius 3 is 2.46 bits per heavy atom. The zero-order valence-electron chi connectivity index (χ0n) is 16.0. The van der Waals surface area contributed by atoms with E-state index in [-0.39, 0.29) is 11.9 Å². The Kier molecular flexibility index (Phi) is 5.04. The number of nitrogens with zero attached hydrogens (tertiary/aromatic N) is 4. The second kappa shape index (κ2) is 7.63. The third-order valence-corrected chi connectivity index (χ3v) is 6.04. The maximum Gasteiger partial charge on any atom is 0.317 e. The van der Waals surface area contributed by atoms with Crippen molar-refractivity contribution in [2.45, 2.75) is 13.8 Å². The first-order chi connectivity index (χ1) is 13.6. The molecule has 0 radical (unpaired) electrons. The van der Waals surface area contributed by atoms with E-state index < -0.39 is 0 Å². The van der Waals surface area contributed by atoms with Crippen LogP contribution in [0.3, 0.4) is 0 Å². The largest absolute Gasteiger partial charge is 0.338 e. The molecule has 1 N–H and O–H groups in total. The number of hydrogen-bond donors (Lipinski definition) is 1. The zero-order chi connectivity index (χ0) is 19.7. The molecule has 0 unspecified atom stereocenters. The van der Waals surface area contributed by atoms with E-state index in [1.807, 2.05) is 59.8 Å². The van der Waals surface area contributed by atoms with Gasteiger partial charge in [-0.1, -0.05) is 18.2 Å². The predicted molar refractivity (Wildman–Crippen MR) is 110 cm³/mol. The van der Waals surface area contributed by atoms with Crippen LogP contribution in [0.1, 0.15) is 22.3 Å². The second-order valence-electron chi connectivity index (χ2n) is 6.78. The highest BCUT2D eigenvalue weighted by molar-refractivity contribution is 7.20. The monoisotopic (exact) mass is 397 g/mol. The average Bonchev–Trinajstić information content (AvgIpc) is 3.29. The fraction of sp³-hybridized carbons (Fsp3) is 0.350. The minimum absolute atomic E-state index is 0.0239. The number of carbonyl (C=O) groups is 2. The first kappa shape index (κ1) is 18.5. The van der Waals surface area contributed by atoms with E-state index in [0.29, 0.717) is 37.6 Å². The van der Waals surface area contributed by atoms with Crippen LogP contribution in [-0.4, -0.2) is 64.2 Å². The van der Waals surface area contributed by atoms with Crippen LogP contribution in [0.4, 0.5) is 4.79 Å². The number of nitrogens with one attached hydrogen (secondary N) is 1. The standard InChI is InChI=1S/C20H23N5O2S/c1-3-21-20(27)24-11-9-23(10-12-24)18(26)17-13-16-14(2)22-25(19(16)28-17)15-7-5-4-6-8-15/h4-8,13H,3,9-12H2,1-2H3,(H,21,27). The molecule has 8 heteroatoms. The summed E-state index contributed by atoms with van der Waals surface area (Å²) in [6.45, 7) is 6.68. The summed E-state index contributed by atoms with van der Waals surface area (Å²) in [5.41, 5.74) is 1.90. The van der Waals surface area contributed by atoms with Crippen LogP contribution in [0.15, 0.2) is 36.4 Å². The highest BCUT2D eigenvalue weighted by Gasteiger charge is 2.26. The summed E-state index contributed by atoms with van der Waals surface area (Å²) in [6.07, 6.45) is 0. The molecule has 3 heterocycles. The summed E-state index contributed by atoms with van der Waals surface area (Å²) in [7, 11) is 0. The number of rotatable bonds is 3. The Hall–Kier alpha value is -2.87. The molecule has 3 aromatic rings. The Morgan fingerprint density at radius 2 is 1.79 bits per heavy atom. The molecule has 0 bridgehead atoms. The first-order valence-electron chi connectivity index (χ1n) is 9.45. The van der Waals surface area contributed by atoms with Gasteiger partial charge in [-0.15, -0.1) is 11.3 Å². The molecule has 1 fully saturated rings. The molecule has 0 spiro atoms. The van der Waals surface area contributed by atoms with Crippen LogP contribution in [0.25, 0.3) is 15.9 Å². The molecular formula is C20H23N5O2S. The normalized spacial score (nSPS) is 14.5. The minimum Gasteiger partial charge on any atom is -0.338 e. The van der Waals surface area contributed by atoms with Gasteiger partial charge < -0.3 is 15.1 Å². The molecule has 1 saturated heterocycles. The van der Waals surface area contributed by atoms with E-state index in [1.54, 1.807) is 4.90 Å². The number of benzene rings is 1. The lowest BCUT2D eigenvalue weighted by Crippen LogP contribution is -2.53. The smallest absolute Gasteiger partial charge is 0.317 e. The van der Waals surface area contributed by atoms with Crippen molar-refractivity contribution in [1.29, 1.82) is 0 Å². The number of hydrogen-bond acceptors (Lipinski definition) is 4. The Bertz CT molecular complexity index is 1000. The third-order valence-electron chi connectivity index (χ3n) is 4.94. The maximum absolute atomic E-state index is 13.0. The van der Waals surface area contributed by atoms with Crippen molar-refractivity contribution >= 4 is 33.5 Å². The lowest BCUT2D eigenvalue weighted by atomic mass is 10.2. The average molecular weight is 398 g/mol. The van der Waals surface area contributed by atoms with Gasteiger partial charge in [-0.05, 0) is 32.0 Å². The van der Waals surface area contributed by atoms with Crippen molar-refractivity contribution in [2.24, 2.45) is 0 Å². The zero-order valence-corrected chi connectivity index (χ0v) is 16.8. The van der Waals surface area contributed by atoms with E-state index in [0.717, 1.165) is 21.6 Å². The first-order valence-corrected chi connectivity index (χ1v) is 10.3. The number of thiophene rings is 1. The van der Waals surface area contributed by atoms with Gasteiger partial charge >= 0.3 is 6.03 Å². The van der Waals surface area contributed by atoms with Gasteiger partial charge in [-0.25, -0.2) is 9.48 Å². The molecule has 1 aromatic carbocycles. The highest BCUT2D eigenvalue weighted by Crippen LogP contribution is 2.31. The lowest BCUT2D eigenvalue weighted by molar-refractivity contribution is 0.0670. The van der Waals surface area contributed by atoms with E-state index in [2.05, 4.69) is 10.4 Å². The molecule has 28 heavy (non-hydrogen) atoms. The number of fused-ring (bicyclic) bond motifs is 1. The van der Waals surface area contributed by atoms with Crippen LogP contribution < -0.4 is 5.32 Å². The van der Waals surface area contributed by atoms with Crippen molar-refractivity contribution < 1.29 is 9.59 Å². The van der Waals surface area contributed by atoms with Crippen LogP contribution in [0, 0.1) is 6.92 Å². The van der Waals surface area contributed by atoms with Crippen molar-refractivity contribution in [2.75, 3.05) is 32.7 Å². The van der Waals surface area contributed by atoms with Gasteiger partial charge in [0.2, 0.25) is 0 Å². The molecule has 1 aliphatic rings. The number of aryl methyl sites for hydroxylation is 1. The highest BCUT2D eigenvalue weighted by atomic mass is 32.1. The van der Waals surface area contributed by atoms with Crippen molar-refractivity contribution in [3.05, 3.63) is 47.0 Å². The van der Waals surface area contributed by atoms with Crippen molar-refractivity contribution in [1.82, 2.24) is 24.9 Å². The molecule has 0 aliphatic carbocycles. The molecule has 1 aliphatic heterocycles. The number of piperazine rings is 1. The van der Waals surface area contributed by atoms with Gasteiger partial charge in [-0.3, -0.25) is 4.79 Å². The summed E-state index contributed by atoms with van der Waals surface area (Å²) < 4.78 is 1.90. The van der Waals surface area contributed by atoms with Crippen molar-refractivity contribution in [3.8, 4) is 5.69 Å². The van der Waals surface area contributed by atoms with Gasteiger partial charge in [-0.2, -0.15) is 5.10 Å². The summed E-state index contributed by atoms with van der Waals surface area (Å²) in [5.74, 6) is 0.0239. The van der Waals surface area contributed by atoms with Gasteiger partial charge in [0.05, 0.1) is 16.3 Å². The van der Waals surface area contributed by atoms with Gasteiger partial charge in [0.25, 0.3) is 5.91 Å². The molecule has 7 nitrogen and oxygen atoms in total. The van der Waals surface area contributed by atoms with Gasteiger partial charge in [0, 0.05) is 38.1 Å². The van der Waals surface area contributed by atoms with Crippen LogP contribution in [0.5, 0.6) is 0 Å². The van der Waals surface area contributed by atoms with Crippen LogP contribution in [0.2, 0.25) is 0 Å². The fourth-order valence-electron chi connectivity index (χ4n) is 3.43. The number of aromatic nitrogens is 2. The van der Waals surface area contributed by atoms with Gasteiger partial charge in [0.1, 0.15) is 4.83 Å². The Morgan fingerprint density at radius 1 is 1.11 bits per heavy atom. The van der Waals surface area contributed by atoms with Crippen molar-refractivity contribution in [3.63, 3.8) is 0 Å². The van der Waals surface area contributed by atoms with Crippen LogP contribution in [-0.2, 0) is 0 Å². The predicted octanol–water partition coefficient (Wildman–Crippen LogP) is 2.88. The summed E-state index contributed by atoms with van der Waals surface area (Å²) in [5, 5.41) is 8.45. The topological polar surface area (TPSA) is 70.5 Å². The SMILES string of the molecule is CCNC(=O)N1CCN(C(=O)c2cc3c(C)nn(-c4ccccc4)c3s2)CC1. The number of amides is 3. The molecule has 146 valence electrons. The van der Waals surface area contributed by atoms with E-state index in [4.69, 9.17) is 0 Å². The minimum atomic E-state index is -0.0601. The van der Waals surface area contributed by atoms with E-state index in [9.17, 15) is 9.59 Å². The lowest BCUT2D eigenvalue weighted by Gasteiger charge is -2.34. The number of urea groups is 1. The quantitative estimate of drug-likeness (QED) is 0.739. The maximum atomic E-state index is 13.0. The van der Waals surface area contributed by atoms with Gasteiger partial charge in [0.15, 0.2) is 0 Å². The molecule has 2 aromatic heterocycles. The number of carbonyl (C=O) groups excluding carboxylic acids is 2. The Balaban J connectivity index is 1.54. The summed E-state index contributed by atoms with van der Waals surface area (Å²) in [4.78, 5) is 30.2. The molecule has 0 saturated carbocycles. The Labute approximate surface area is 167 Å². The summed E-state index contributed by atoms with van der Waals surface area (Å²) in [6, 6.07) is 11.8.